The lowest BCUT2D eigenvalue weighted by molar-refractivity contribution is -0.120. The van der Waals surface area contributed by atoms with Gasteiger partial charge in [0.2, 0.25) is 12.7 Å². The van der Waals surface area contributed by atoms with E-state index in [9.17, 15) is 4.79 Å². The van der Waals surface area contributed by atoms with Gasteiger partial charge in [-0.25, -0.2) is 0 Å². The van der Waals surface area contributed by atoms with Crippen LogP contribution in [0.25, 0.3) is 0 Å². The number of hydrogen-bond donors (Lipinski definition) is 1. The third kappa shape index (κ3) is 2.53. The summed E-state index contributed by atoms with van der Waals surface area (Å²) in [4.78, 5) is 12.2. The topological polar surface area (TPSA) is 47.6 Å². The van der Waals surface area contributed by atoms with Gasteiger partial charge in [0, 0.05) is 17.7 Å². The molecule has 1 unspecified atom stereocenters. The number of ether oxygens (including phenoxy) is 2. The van der Waals surface area contributed by atoms with Gasteiger partial charge in [-0.3, -0.25) is 4.79 Å². The Hall–Kier alpha value is -1.71. The molecule has 1 atom stereocenters. The zero-order chi connectivity index (χ0) is 13.2. The van der Waals surface area contributed by atoms with E-state index in [2.05, 4.69) is 5.32 Å². The van der Waals surface area contributed by atoms with Crippen molar-refractivity contribution in [1.82, 2.24) is 0 Å². The maximum Gasteiger partial charge on any atom is 0.231 e. The van der Waals surface area contributed by atoms with Gasteiger partial charge in [0.1, 0.15) is 0 Å². The first-order valence-electron chi connectivity index (χ1n) is 6.94. The maximum absolute atomic E-state index is 12.2. The fraction of sp³-hybridized carbons (Fsp3) is 0.533. The zero-order valence-electron chi connectivity index (χ0n) is 11.1. The van der Waals surface area contributed by atoms with Crippen LogP contribution in [0.1, 0.15) is 32.6 Å². The van der Waals surface area contributed by atoms with Crippen molar-refractivity contribution < 1.29 is 14.3 Å². The molecule has 102 valence electrons. The molecule has 1 heterocycles. The predicted molar refractivity (Wildman–Crippen MR) is 72.3 cm³/mol. The van der Waals surface area contributed by atoms with Gasteiger partial charge < -0.3 is 14.8 Å². The standard InChI is InChI=1S/C15H19NO3/c1-10(11-4-2-3-5-11)15(17)16-12-6-7-13-14(8-12)19-9-18-13/h6-8,10-11H,2-5,9H2,1H3,(H,16,17). The Labute approximate surface area is 113 Å². The molecule has 0 bridgehead atoms. The average Bonchev–Trinajstić information content (AvgIpc) is 3.08. The Morgan fingerprint density at radius 3 is 2.79 bits per heavy atom. The highest BCUT2D eigenvalue weighted by Gasteiger charge is 2.27. The van der Waals surface area contributed by atoms with Crippen molar-refractivity contribution in [1.29, 1.82) is 0 Å². The largest absolute Gasteiger partial charge is 0.454 e. The summed E-state index contributed by atoms with van der Waals surface area (Å²) in [6.45, 7) is 2.28. The summed E-state index contributed by atoms with van der Waals surface area (Å²) in [7, 11) is 0. The van der Waals surface area contributed by atoms with Crippen LogP contribution in [0.4, 0.5) is 5.69 Å². The minimum Gasteiger partial charge on any atom is -0.454 e. The van der Waals surface area contributed by atoms with Crippen molar-refractivity contribution in [3.8, 4) is 11.5 Å². The summed E-state index contributed by atoms with van der Waals surface area (Å²) in [6.07, 6.45) is 4.87. The van der Waals surface area contributed by atoms with Crippen molar-refractivity contribution in [3.63, 3.8) is 0 Å². The molecule has 1 saturated carbocycles. The monoisotopic (exact) mass is 261 g/mol. The Balaban J connectivity index is 1.65. The second-order valence-corrected chi connectivity index (χ2v) is 5.39. The molecule has 0 radical (unpaired) electrons. The summed E-state index contributed by atoms with van der Waals surface area (Å²) in [5.74, 6) is 2.15. The van der Waals surface area contributed by atoms with Crippen molar-refractivity contribution in [2.45, 2.75) is 32.6 Å². The van der Waals surface area contributed by atoms with Gasteiger partial charge in [0.05, 0.1) is 0 Å². The number of rotatable bonds is 3. The molecule has 4 heteroatoms. The average molecular weight is 261 g/mol. The number of hydrogen-bond acceptors (Lipinski definition) is 3. The van der Waals surface area contributed by atoms with Gasteiger partial charge in [-0.2, -0.15) is 0 Å². The second kappa shape index (κ2) is 5.11. The number of carbonyl (C=O) groups is 1. The van der Waals surface area contributed by atoms with Gasteiger partial charge in [-0.05, 0) is 30.9 Å². The van der Waals surface area contributed by atoms with Crippen LogP contribution in [0.2, 0.25) is 0 Å². The van der Waals surface area contributed by atoms with Crippen LogP contribution in [-0.4, -0.2) is 12.7 Å². The van der Waals surface area contributed by atoms with E-state index in [1.807, 2.05) is 25.1 Å². The summed E-state index contributed by atoms with van der Waals surface area (Å²) in [5.41, 5.74) is 0.777. The third-order valence-electron chi connectivity index (χ3n) is 4.16. The quantitative estimate of drug-likeness (QED) is 0.909. The molecule has 1 N–H and O–H groups in total. The highest BCUT2D eigenvalue weighted by molar-refractivity contribution is 5.92. The first kappa shape index (κ1) is 12.3. The fourth-order valence-electron chi connectivity index (χ4n) is 2.90. The molecule has 19 heavy (non-hydrogen) atoms. The SMILES string of the molecule is CC(C(=O)Nc1ccc2c(c1)OCO2)C1CCCC1. The van der Waals surface area contributed by atoms with E-state index in [4.69, 9.17) is 9.47 Å². The third-order valence-corrected chi connectivity index (χ3v) is 4.16. The fourth-order valence-corrected chi connectivity index (χ4v) is 2.90. The van der Waals surface area contributed by atoms with Gasteiger partial charge >= 0.3 is 0 Å². The highest BCUT2D eigenvalue weighted by Crippen LogP contribution is 2.35. The number of carbonyl (C=O) groups excluding carboxylic acids is 1. The van der Waals surface area contributed by atoms with Crippen LogP contribution in [0.3, 0.4) is 0 Å². The number of anilines is 1. The number of nitrogens with one attached hydrogen (secondary N) is 1. The van der Waals surface area contributed by atoms with E-state index in [1.54, 1.807) is 0 Å². The lowest BCUT2D eigenvalue weighted by atomic mass is 9.92. The lowest BCUT2D eigenvalue weighted by Gasteiger charge is -2.18. The van der Waals surface area contributed by atoms with Gasteiger partial charge in [0.25, 0.3) is 0 Å². The summed E-state index contributed by atoms with van der Waals surface area (Å²) >= 11 is 0. The zero-order valence-corrected chi connectivity index (χ0v) is 11.1. The van der Waals surface area contributed by atoms with E-state index in [0.29, 0.717) is 11.7 Å². The van der Waals surface area contributed by atoms with Crippen LogP contribution in [0.5, 0.6) is 11.5 Å². The molecule has 1 amide bonds. The molecule has 1 aliphatic carbocycles. The normalized spacial score (nSPS) is 19.4. The van der Waals surface area contributed by atoms with E-state index in [0.717, 1.165) is 11.4 Å². The van der Waals surface area contributed by atoms with Gasteiger partial charge in [0.15, 0.2) is 11.5 Å². The molecule has 0 saturated heterocycles. The number of fused-ring (bicyclic) bond motifs is 1. The molecular formula is C15H19NO3. The Morgan fingerprint density at radius 1 is 1.26 bits per heavy atom. The summed E-state index contributed by atoms with van der Waals surface area (Å²) < 4.78 is 10.6. The van der Waals surface area contributed by atoms with E-state index in [1.165, 1.54) is 25.7 Å². The maximum atomic E-state index is 12.2. The van der Waals surface area contributed by atoms with Gasteiger partial charge in [-0.1, -0.05) is 19.8 Å². The molecular weight excluding hydrogens is 242 g/mol. The number of amides is 1. The van der Waals surface area contributed by atoms with E-state index in [-0.39, 0.29) is 18.6 Å². The van der Waals surface area contributed by atoms with E-state index >= 15 is 0 Å². The molecule has 4 nitrogen and oxygen atoms in total. The predicted octanol–water partition coefficient (Wildman–Crippen LogP) is 3.18. The summed E-state index contributed by atoms with van der Waals surface area (Å²) in [6, 6.07) is 5.51. The Kier molecular flexibility index (Phi) is 3.32. The van der Waals surface area contributed by atoms with Crippen LogP contribution < -0.4 is 14.8 Å². The molecule has 1 aromatic rings. The molecule has 0 aromatic heterocycles. The molecule has 2 aliphatic rings. The minimum absolute atomic E-state index is 0.0768. The van der Waals surface area contributed by atoms with E-state index < -0.39 is 0 Å². The van der Waals surface area contributed by atoms with Crippen molar-refractivity contribution in [2.24, 2.45) is 11.8 Å². The first-order chi connectivity index (χ1) is 9.24. The molecule has 1 fully saturated rings. The van der Waals surface area contributed by atoms with Gasteiger partial charge in [-0.15, -0.1) is 0 Å². The van der Waals surface area contributed by atoms with Crippen LogP contribution >= 0.6 is 0 Å². The van der Waals surface area contributed by atoms with Crippen molar-refractivity contribution >= 4 is 11.6 Å². The first-order valence-corrected chi connectivity index (χ1v) is 6.94. The summed E-state index contributed by atoms with van der Waals surface area (Å²) in [5, 5.41) is 2.97. The molecule has 3 rings (SSSR count). The van der Waals surface area contributed by atoms with Crippen LogP contribution in [0.15, 0.2) is 18.2 Å². The lowest BCUT2D eigenvalue weighted by Crippen LogP contribution is -2.25. The highest BCUT2D eigenvalue weighted by atomic mass is 16.7. The van der Waals surface area contributed by atoms with Crippen molar-refractivity contribution in [3.05, 3.63) is 18.2 Å². The van der Waals surface area contributed by atoms with Crippen LogP contribution in [0, 0.1) is 11.8 Å². The second-order valence-electron chi connectivity index (χ2n) is 5.39. The van der Waals surface area contributed by atoms with Crippen LogP contribution in [-0.2, 0) is 4.79 Å². The Bertz CT molecular complexity index is 480. The molecule has 1 aromatic carbocycles. The number of benzene rings is 1. The molecule has 0 spiro atoms. The Morgan fingerprint density at radius 2 is 2.00 bits per heavy atom. The smallest absolute Gasteiger partial charge is 0.231 e. The molecule has 1 aliphatic heterocycles. The van der Waals surface area contributed by atoms with Crippen molar-refractivity contribution in [2.75, 3.05) is 12.1 Å². The minimum atomic E-state index is 0.0768.